The van der Waals surface area contributed by atoms with Gasteiger partial charge in [0.2, 0.25) is 0 Å². The Morgan fingerprint density at radius 3 is 3.11 bits per heavy atom. The minimum absolute atomic E-state index is 0.275. The van der Waals surface area contributed by atoms with E-state index in [1.807, 2.05) is 0 Å². The van der Waals surface area contributed by atoms with E-state index >= 15 is 0 Å². The maximum atomic E-state index is 6.23. The Labute approximate surface area is 108 Å². The third-order valence-electron chi connectivity index (χ3n) is 4.09. The first-order valence-electron chi connectivity index (χ1n) is 6.91. The molecule has 1 aromatic carbocycles. The van der Waals surface area contributed by atoms with Gasteiger partial charge in [0.15, 0.2) is 0 Å². The van der Waals surface area contributed by atoms with E-state index in [2.05, 4.69) is 18.2 Å². The average molecular weight is 247 g/mol. The van der Waals surface area contributed by atoms with Crippen molar-refractivity contribution < 1.29 is 9.47 Å². The molecule has 1 saturated heterocycles. The van der Waals surface area contributed by atoms with Gasteiger partial charge in [-0.2, -0.15) is 0 Å². The first kappa shape index (κ1) is 12.0. The van der Waals surface area contributed by atoms with Crippen molar-refractivity contribution in [2.75, 3.05) is 19.8 Å². The Morgan fingerprint density at radius 2 is 2.28 bits per heavy atom. The third kappa shape index (κ3) is 2.52. The van der Waals surface area contributed by atoms with Crippen LogP contribution >= 0.6 is 0 Å². The Balaban J connectivity index is 1.56. The van der Waals surface area contributed by atoms with Crippen molar-refractivity contribution in [3.63, 3.8) is 0 Å². The van der Waals surface area contributed by atoms with Crippen LogP contribution in [0.15, 0.2) is 18.2 Å². The Morgan fingerprint density at radius 1 is 1.33 bits per heavy atom. The van der Waals surface area contributed by atoms with E-state index in [9.17, 15) is 0 Å². The second kappa shape index (κ2) is 5.29. The number of rotatable bonds is 4. The van der Waals surface area contributed by atoms with Gasteiger partial charge in [-0.1, -0.05) is 12.1 Å². The van der Waals surface area contributed by atoms with Crippen molar-refractivity contribution >= 4 is 0 Å². The summed E-state index contributed by atoms with van der Waals surface area (Å²) in [6.45, 7) is 2.56. The van der Waals surface area contributed by atoms with Crippen LogP contribution in [-0.2, 0) is 17.6 Å². The highest BCUT2D eigenvalue weighted by Gasteiger charge is 2.22. The lowest BCUT2D eigenvalue weighted by molar-refractivity contribution is 0.180. The summed E-state index contributed by atoms with van der Waals surface area (Å²) in [7, 11) is 0. The summed E-state index contributed by atoms with van der Waals surface area (Å²) in [5, 5.41) is 0. The fourth-order valence-electron chi connectivity index (χ4n) is 2.85. The van der Waals surface area contributed by atoms with Crippen LogP contribution in [0.5, 0.6) is 5.75 Å². The topological polar surface area (TPSA) is 44.5 Å². The molecule has 0 amide bonds. The molecule has 1 aromatic rings. The largest absolute Gasteiger partial charge is 0.493 e. The van der Waals surface area contributed by atoms with E-state index in [0.717, 1.165) is 51.3 Å². The first-order valence-corrected chi connectivity index (χ1v) is 6.91. The molecule has 0 saturated carbocycles. The van der Waals surface area contributed by atoms with Crippen molar-refractivity contribution in [3.05, 3.63) is 29.3 Å². The van der Waals surface area contributed by atoms with E-state index in [-0.39, 0.29) is 6.04 Å². The number of hydrogen-bond acceptors (Lipinski definition) is 3. The van der Waals surface area contributed by atoms with E-state index in [4.69, 9.17) is 15.2 Å². The second-order valence-electron chi connectivity index (χ2n) is 5.37. The zero-order valence-corrected chi connectivity index (χ0v) is 10.7. The molecule has 2 aliphatic heterocycles. The molecule has 3 rings (SSSR count). The van der Waals surface area contributed by atoms with Crippen molar-refractivity contribution in [2.45, 2.75) is 31.7 Å². The van der Waals surface area contributed by atoms with Gasteiger partial charge >= 0.3 is 0 Å². The smallest absolute Gasteiger partial charge is 0.122 e. The quantitative estimate of drug-likeness (QED) is 0.884. The predicted octanol–water partition coefficient (Wildman–Crippen LogP) is 1.92. The summed E-state index contributed by atoms with van der Waals surface area (Å²) in [6.07, 6.45) is 4.28. The van der Waals surface area contributed by atoms with E-state index < -0.39 is 0 Å². The maximum Gasteiger partial charge on any atom is 0.122 e. The van der Waals surface area contributed by atoms with Crippen molar-refractivity contribution in [1.29, 1.82) is 0 Å². The van der Waals surface area contributed by atoms with Crippen LogP contribution in [0.25, 0.3) is 0 Å². The molecule has 2 heterocycles. The molecule has 0 radical (unpaired) electrons. The monoisotopic (exact) mass is 247 g/mol. The highest BCUT2D eigenvalue weighted by Crippen LogP contribution is 2.27. The predicted molar refractivity (Wildman–Crippen MR) is 70.9 cm³/mol. The number of nitrogens with two attached hydrogens (primary N) is 1. The van der Waals surface area contributed by atoms with E-state index in [1.54, 1.807) is 0 Å². The molecule has 0 aromatic heterocycles. The Kier molecular flexibility index (Phi) is 3.52. The zero-order chi connectivity index (χ0) is 12.4. The average Bonchev–Trinajstić information content (AvgIpc) is 3.05. The maximum absolute atomic E-state index is 6.23. The van der Waals surface area contributed by atoms with Crippen LogP contribution in [0.2, 0.25) is 0 Å². The van der Waals surface area contributed by atoms with Crippen LogP contribution in [0, 0.1) is 5.92 Å². The van der Waals surface area contributed by atoms with Gasteiger partial charge in [-0.15, -0.1) is 0 Å². The highest BCUT2D eigenvalue weighted by atomic mass is 16.5. The molecule has 18 heavy (non-hydrogen) atoms. The molecule has 98 valence electrons. The van der Waals surface area contributed by atoms with Crippen LogP contribution in [0.3, 0.4) is 0 Å². The van der Waals surface area contributed by atoms with Crippen LogP contribution < -0.4 is 10.5 Å². The molecule has 2 aliphatic rings. The summed E-state index contributed by atoms with van der Waals surface area (Å²) >= 11 is 0. The van der Waals surface area contributed by atoms with Gasteiger partial charge < -0.3 is 15.2 Å². The molecule has 3 nitrogen and oxygen atoms in total. The molecular formula is C15H21NO2. The Bertz CT molecular complexity index is 413. The molecule has 0 aliphatic carbocycles. The van der Waals surface area contributed by atoms with Gasteiger partial charge in [-0.3, -0.25) is 0 Å². The minimum atomic E-state index is 0.275. The number of benzene rings is 1. The third-order valence-corrected chi connectivity index (χ3v) is 4.09. The summed E-state index contributed by atoms with van der Waals surface area (Å²) in [6, 6.07) is 6.82. The molecule has 3 heteroatoms. The normalized spacial score (nSPS) is 23.7. The summed E-state index contributed by atoms with van der Waals surface area (Å²) < 4.78 is 10.9. The van der Waals surface area contributed by atoms with Gasteiger partial charge in [0.05, 0.1) is 13.2 Å². The Hall–Kier alpha value is -1.06. The second-order valence-corrected chi connectivity index (χ2v) is 5.37. The number of ether oxygens (including phenoxy) is 2. The van der Waals surface area contributed by atoms with Gasteiger partial charge in [-0.05, 0) is 42.4 Å². The molecule has 2 atom stereocenters. The lowest BCUT2D eigenvalue weighted by Gasteiger charge is -2.17. The molecule has 2 unspecified atom stereocenters. The molecule has 0 spiro atoms. The lowest BCUT2D eigenvalue weighted by Crippen LogP contribution is -2.30. The van der Waals surface area contributed by atoms with Crippen LogP contribution in [-0.4, -0.2) is 25.9 Å². The fraction of sp³-hybridized carbons (Fsp3) is 0.600. The zero-order valence-electron chi connectivity index (χ0n) is 10.7. The van der Waals surface area contributed by atoms with Crippen molar-refractivity contribution in [1.82, 2.24) is 0 Å². The van der Waals surface area contributed by atoms with E-state index in [0.29, 0.717) is 5.92 Å². The number of aryl methyl sites for hydroxylation is 1. The SMILES string of the molecule is NC(CCc1ccc2c(c1)CCO2)C1CCOC1. The van der Waals surface area contributed by atoms with Gasteiger partial charge in [0.25, 0.3) is 0 Å². The van der Waals surface area contributed by atoms with Crippen molar-refractivity contribution in [3.8, 4) is 5.75 Å². The summed E-state index contributed by atoms with van der Waals surface area (Å²) in [4.78, 5) is 0. The number of fused-ring (bicyclic) bond motifs is 1. The lowest BCUT2D eigenvalue weighted by atomic mass is 9.93. The number of hydrogen-bond donors (Lipinski definition) is 1. The van der Waals surface area contributed by atoms with Gasteiger partial charge in [0, 0.05) is 19.1 Å². The van der Waals surface area contributed by atoms with Gasteiger partial charge in [-0.25, -0.2) is 0 Å². The highest BCUT2D eigenvalue weighted by molar-refractivity contribution is 5.39. The summed E-state index contributed by atoms with van der Waals surface area (Å²) in [5.74, 6) is 1.62. The molecule has 2 N–H and O–H groups in total. The molecule has 0 bridgehead atoms. The first-order chi connectivity index (χ1) is 8.83. The molecule has 1 fully saturated rings. The fourth-order valence-corrected chi connectivity index (χ4v) is 2.85. The summed E-state index contributed by atoms with van der Waals surface area (Å²) in [5.41, 5.74) is 8.97. The van der Waals surface area contributed by atoms with Crippen molar-refractivity contribution in [2.24, 2.45) is 11.7 Å². The van der Waals surface area contributed by atoms with Crippen LogP contribution in [0.1, 0.15) is 24.0 Å². The van der Waals surface area contributed by atoms with Gasteiger partial charge in [0.1, 0.15) is 5.75 Å². The molecular weight excluding hydrogens is 226 g/mol. The van der Waals surface area contributed by atoms with E-state index in [1.165, 1.54) is 11.1 Å². The van der Waals surface area contributed by atoms with Crippen LogP contribution in [0.4, 0.5) is 0 Å². The standard InChI is InChI=1S/C15H21NO2/c16-14(13-5-7-17-10-13)3-1-11-2-4-15-12(9-11)6-8-18-15/h2,4,9,13-14H,1,3,5-8,10,16H2. The minimum Gasteiger partial charge on any atom is -0.493 e.